The lowest BCUT2D eigenvalue weighted by molar-refractivity contribution is 0.0957. The molecule has 0 aromatic heterocycles. The number of nitrogens with one attached hydrogen (secondary N) is 2. The smallest absolute Gasteiger partial charge is 0.251 e. The Morgan fingerprint density at radius 2 is 1.36 bits per heavy atom. The van der Waals surface area contributed by atoms with Gasteiger partial charge in [0.1, 0.15) is 0 Å². The Kier molecular flexibility index (Phi) is 7.84. The van der Waals surface area contributed by atoms with Crippen molar-refractivity contribution < 1.29 is 18.0 Å². The molecule has 2 aliphatic rings. The number of benzene rings is 2. The average Bonchev–Trinajstić information content (AvgIpc) is 3.17. The Labute approximate surface area is 171 Å². The number of amides is 2. The van der Waals surface area contributed by atoms with Crippen LogP contribution in [0.5, 0.6) is 0 Å². The van der Waals surface area contributed by atoms with E-state index in [2.05, 4.69) is 10.6 Å². The van der Waals surface area contributed by atoms with Crippen molar-refractivity contribution in [3.63, 3.8) is 0 Å². The van der Waals surface area contributed by atoms with Crippen molar-refractivity contribution in [3.8, 4) is 0 Å². The monoisotopic (exact) mass is 422 g/mol. The van der Waals surface area contributed by atoms with Gasteiger partial charge in [-0.25, -0.2) is 8.42 Å². The van der Waals surface area contributed by atoms with E-state index >= 15 is 0 Å². The fourth-order valence-corrected chi connectivity index (χ4v) is 3.83. The number of carbonyl (C=O) groups is 2. The van der Waals surface area contributed by atoms with Crippen molar-refractivity contribution in [2.24, 2.45) is 0 Å². The zero-order valence-corrected chi connectivity index (χ0v) is 16.0. The predicted octanol–water partition coefficient (Wildman–Crippen LogP) is 3.26. The zero-order chi connectivity index (χ0) is 18.9. The number of hydrogen-bond acceptors (Lipinski definition) is 5. The second kappa shape index (κ2) is 9.25. The molecular formula is C20H26N2O4S2. The normalized spacial score (nSPS) is 13.6. The van der Waals surface area contributed by atoms with Gasteiger partial charge in [0.15, 0.2) is 9.84 Å². The molecule has 0 atom stereocenters. The lowest BCUT2D eigenvalue weighted by atomic mass is 10.1. The maximum atomic E-state index is 11.2. The molecule has 28 heavy (non-hydrogen) atoms. The third-order valence-corrected chi connectivity index (χ3v) is 6.03. The van der Waals surface area contributed by atoms with E-state index in [4.69, 9.17) is 0 Å². The Hall–Kier alpha value is -2.32. The number of thioether (sulfide) groups is 1. The molecule has 8 heteroatoms. The fraction of sp³-hybridized carbons (Fsp3) is 0.300. The zero-order valence-electron chi connectivity index (χ0n) is 14.3. The van der Waals surface area contributed by atoms with Gasteiger partial charge in [-0.2, -0.15) is 0 Å². The Balaban J connectivity index is 0.000000264. The lowest BCUT2D eigenvalue weighted by Gasteiger charge is -2.00. The number of fused-ring (bicyclic) bond motifs is 2. The van der Waals surface area contributed by atoms with Crippen LogP contribution >= 0.6 is 11.8 Å². The summed E-state index contributed by atoms with van der Waals surface area (Å²) in [7, 11) is -3.23. The Bertz CT molecular complexity index is 1000. The summed E-state index contributed by atoms with van der Waals surface area (Å²) in [5, 5.41) is 5.42. The van der Waals surface area contributed by atoms with Crippen LogP contribution in [0.4, 0.5) is 0 Å². The first-order chi connectivity index (χ1) is 12.3. The summed E-state index contributed by atoms with van der Waals surface area (Å²) in [4.78, 5) is 23.8. The maximum Gasteiger partial charge on any atom is 0.251 e. The van der Waals surface area contributed by atoms with E-state index in [1.807, 2.05) is 24.5 Å². The van der Waals surface area contributed by atoms with Gasteiger partial charge in [-0.15, -0.1) is 11.8 Å². The molecule has 0 saturated carbocycles. The highest BCUT2D eigenvalue weighted by Gasteiger charge is 2.21. The van der Waals surface area contributed by atoms with Crippen LogP contribution in [0.3, 0.4) is 0 Å². The molecule has 0 saturated heterocycles. The summed E-state index contributed by atoms with van der Waals surface area (Å²) in [6.45, 7) is 1.17. The molecule has 2 heterocycles. The predicted molar refractivity (Wildman–Crippen MR) is 114 cm³/mol. The molecule has 0 fully saturated rings. The van der Waals surface area contributed by atoms with Crippen LogP contribution in [-0.2, 0) is 22.9 Å². The molecule has 0 bridgehead atoms. The molecule has 0 unspecified atom stereocenters. The average molecular weight is 423 g/mol. The van der Waals surface area contributed by atoms with E-state index in [9.17, 15) is 18.0 Å². The van der Waals surface area contributed by atoms with Gasteiger partial charge in [0.05, 0.1) is 4.90 Å². The van der Waals surface area contributed by atoms with Gasteiger partial charge >= 0.3 is 0 Å². The number of hydrogen-bond donors (Lipinski definition) is 2. The van der Waals surface area contributed by atoms with Crippen molar-refractivity contribution in [2.75, 3.05) is 12.5 Å². The third-order valence-electron chi connectivity index (χ3n) is 4.19. The molecule has 2 N–H and O–H groups in total. The van der Waals surface area contributed by atoms with Crippen LogP contribution < -0.4 is 10.6 Å². The van der Waals surface area contributed by atoms with Gasteiger partial charge in [-0.05, 0) is 41.6 Å². The topological polar surface area (TPSA) is 92.3 Å². The molecule has 2 aromatic carbocycles. The first-order valence-corrected chi connectivity index (χ1v) is 11.0. The molecule has 4 rings (SSSR count). The van der Waals surface area contributed by atoms with E-state index in [1.165, 1.54) is 12.1 Å². The highest BCUT2D eigenvalue weighted by molar-refractivity contribution is 7.98. The van der Waals surface area contributed by atoms with E-state index < -0.39 is 9.84 Å². The van der Waals surface area contributed by atoms with Crippen molar-refractivity contribution in [2.45, 2.75) is 37.7 Å². The fourth-order valence-electron chi connectivity index (χ4n) is 2.74. The van der Waals surface area contributed by atoms with Crippen LogP contribution in [0, 0.1) is 0 Å². The molecule has 2 amide bonds. The van der Waals surface area contributed by atoms with Crippen molar-refractivity contribution in [1.29, 1.82) is 0 Å². The van der Waals surface area contributed by atoms with Gasteiger partial charge in [-0.3, -0.25) is 9.59 Å². The van der Waals surface area contributed by atoms with Gasteiger partial charge in [0, 0.05) is 35.4 Å². The van der Waals surface area contributed by atoms with E-state index in [0.717, 1.165) is 27.8 Å². The second-order valence-corrected chi connectivity index (χ2v) is 8.87. The largest absolute Gasteiger partial charge is 0.348 e. The molecule has 2 aromatic rings. The summed E-state index contributed by atoms with van der Waals surface area (Å²) in [6, 6.07) is 10.6. The summed E-state index contributed by atoms with van der Waals surface area (Å²) >= 11 is 1.66. The summed E-state index contributed by atoms with van der Waals surface area (Å²) in [6.07, 6.45) is 3.14. The van der Waals surface area contributed by atoms with Crippen LogP contribution in [-0.4, -0.2) is 32.7 Å². The van der Waals surface area contributed by atoms with Crippen molar-refractivity contribution >= 4 is 33.4 Å². The van der Waals surface area contributed by atoms with Crippen LogP contribution in [0.15, 0.2) is 46.2 Å². The second-order valence-electron chi connectivity index (χ2n) is 5.98. The highest BCUT2D eigenvalue weighted by atomic mass is 32.2. The van der Waals surface area contributed by atoms with E-state index in [0.29, 0.717) is 18.7 Å². The van der Waals surface area contributed by atoms with Gasteiger partial charge in [0.2, 0.25) is 0 Å². The van der Waals surface area contributed by atoms with Gasteiger partial charge < -0.3 is 10.6 Å². The van der Waals surface area contributed by atoms with Gasteiger partial charge in [0.25, 0.3) is 11.8 Å². The minimum Gasteiger partial charge on any atom is -0.348 e. The van der Waals surface area contributed by atoms with Crippen molar-refractivity contribution in [3.05, 3.63) is 58.7 Å². The van der Waals surface area contributed by atoms with E-state index in [-0.39, 0.29) is 31.6 Å². The Morgan fingerprint density at radius 3 is 1.86 bits per heavy atom. The number of rotatable bonds is 2. The number of sulfone groups is 1. The first-order valence-electron chi connectivity index (χ1n) is 7.86. The van der Waals surface area contributed by atoms with Crippen LogP contribution in [0.1, 0.15) is 46.7 Å². The number of carbonyl (C=O) groups excluding carboxylic acids is 2. The van der Waals surface area contributed by atoms with Gasteiger partial charge in [-0.1, -0.05) is 27.0 Å². The quantitative estimate of drug-likeness (QED) is 0.725. The molecule has 152 valence electrons. The molecule has 2 aliphatic heterocycles. The molecule has 0 spiro atoms. The van der Waals surface area contributed by atoms with Crippen molar-refractivity contribution in [1.82, 2.24) is 10.6 Å². The standard InChI is InChI=1S/C9H9NO3S.C9H9NOS.2CH4/c1-14(12,13)7-3-2-6-5-10-9(11)8(6)4-7;1-12-7-3-2-6-5-10-9(11)8(6)4-7;;/h2-4H,5H2,1H3,(H,10,11);2-4H,5H2,1H3,(H,10,11);2*1H4. The SMILES string of the molecule is C.C.CS(=O)(=O)c1ccc2c(c1)C(=O)NC2.CSc1ccc2c(c1)C(=O)NC2. The molecule has 0 radical (unpaired) electrons. The molecule has 0 aliphatic carbocycles. The first kappa shape index (κ1) is 23.7. The molecule has 6 nitrogen and oxygen atoms in total. The highest BCUT2D eigenvalue weighted by Crippen LogP contribution is 2.22. The van der Waals surface area contributed by atoms with E-state index in [1.54, 1.807) is 17.8 Å². The Morgan fingerprint density at radius 1 is 0.857 bits per heavy atom. The van der Waals surface area contributed by atoms with Crippen LogP contribution in [0.2, 0.25) is 0 Å². The summed E-state index contributed by atoms with van der Waals surface area (Å²) in [5.74, 6) is -0.147. The summed E-state index contributed by atoms with van der Waals surface area (Å²) < 4.78 is 22.4. The third kappa shape index (κ3) is 4.94. The minimum atomic E-state index is -3.23. The lowest BCUT2D eigenvalue weighted by Crippen LogP contribution is -2.12. The maximum absolute atomic E-state index is 11.2. The van der Waals surface area contributed by atoms with Crippen LogP contribution in [0.25, 0.3) is 0 Å². The summed E-state index contributed by atoms with van der Waals surface area (Å²) in [5.41, 5.74) is 3.26. The molecular weight excluding hydrogens is 396 g/mol. The minimum absolute atomic E-state index is 0.